The third-order valence-corrected chi connectivity index (χ3v) is 4.44. The van der Waals surface area contributed by atoms with Crippen LogP contribution in [0, 0.1) is 12.3 Å². The third-order valence-electron chi connectivity index (χ3n) is 4.44. The summed E-state index contributed by atoms with van der Waals surface area (Å²) < 4.78 is 0. The van der Waals surface area contributed by atoms with Crippen LogP contribution in [0.5, 0.6) is 0 Å². The number of carbonyl (C=O) groups is 1. The lowest BCUT2D eigenvalue weighted by Gasteiger charge is -2.18. The average Bonchev–Trinajstić information content (AvgIpc) is 3.11. The molecule has 0 unspecified atom stereocenters. The van der Waals surface area contributed by atoms with Crippen LogP contribution in [0.3, 0.4) is 0 Å². The molecular formula is C24H30N4O2. The molecule has 0 aliphatic heterocycles. The number of aromatic nitrogens is 1. The number of anilines is 1. The van der Waals surface area contributed by atoms with Crippen molar-refractivity contribution in [2.75, 3.05) is 11.9 Å². The monoisotopic (exact) mass is 406 g/mol. The Hall–Kier alpha value is -3.12. The molecule has 1 heterocycles. The summed E-state index contributed by atoms with van der Waals surface area (Å²) in [6.45, 7) is 11.0. The number of amidine groups is 1. The van der Waals surface area contributed by atoms with Gasteiger partial charge >= 0.3 is 0 Å². The average molecular weight is 407 g/mol. The summed E-state index contributed by atoms with van der Waals surface area (Å²) >= 11 is 0. The Labute approximate surface area is 177 Å². The van der Waals surface area contributed by atoms with Crippen LogP contribution in [0.25, 0.3) is 10.9 Å². The predicted molar refractivity (Wildman–Crippen MR) is 123 cm³/mol. The fourth-order valence-corrected chi connectivity index (χ4v) is 2.86. The van der Waals surface area contributed by atoms with Crippen LogP contribution in [0.15, 0.2) is 53.5 Å². The highest BCUT2D eigenvalue weighted by atomic mass is 16.6. The summed E-state index contributed by atoms with van der Waals surface area (Å²) in [5.74, 6) is 0.580. The molecule has 0 fully saturated rings. The molecule has 0 saturated heterocycles. The molecule has 0 aliphatic rings. The molecule has 1 aromatic heterocycles. The first-order chi connectivity index (χ1) is 14.2. The minimum atomic E-state index is -0.174. The number of aryl methyl sites for hydroxylation is 1. The van der Waals surface area contributed by atoms with Gasteiger partial charge in [0, 0.05) is 23.0 Å². The Morgan fingerprint density at radius 1 is 1.10 bits per heavy atom. The van der Waals surface area contributed by atoms with Crippen LogP contribution in [-0.4, -0.2) is 23.3 Å². The third kappa shape index (κ3) is 5.94. The Kier molecular flexibility index (Phi) is 6.57. The minimum Gasteiger partial charge on any atom is -0.351 e. The Bertz CT molecular complexity index is 1040. The Morgan fingerprint density at radius 3 is 2.50 bits per heavy atom. The zero-order valence-electron chi connectivity index (χ0n) is 18.3. The van der Waals surface area contributed by atoms with Crippen molar-refractivity contribution in [2.45, 2.75) is 41.0 Å². The normalized spacial score (nSPS) is 12.2. The Balaban J connectivity index is 1.63. The molecule has 1 amide bonds. The summed E-state index contributed by atoms with van der Waals surface area (Å²) in [5, 5.41) is 3.95. The van der Waals surface area contributed by atoms with Gasteiger partial charge in [0.2, 0.25) is 0 Å². The molecule has 158 valence electrons. The number of H-pyrrole nitrogens is 1. The fraction of sp³-hybridized carbons (Fsp3) is 0.333. The molecule has 3 aromatic rings. The predicted octanol–water partition coefficient (Wildman–Crippen LogP) is 5.74. The first-order valence-electron chi connectivity index (χ1n) is 10.2. The van der Waals surface area contributed by atoms with E-state index in [1.807, 2.05) is 56.3 Å². The molecule has 0 radical (unpaired) electrons. The number of fused-ring (bicyclic) bond motifs is 1. The first kappa shape index (κ1) is 21.6. The van der Waals surface area contributed by atoms with Crippen molar-refractivity contribution >= 4 is 34.0 Å². The standard InChI is InChI=1S/C24H30N4O2/c1-6-22(28-30-15-24(3,4)5)25-18-8-10-19(11-9-18)26-23(29)21-14-17-13-16(2)7-12-20(17)27-21/h7-14,27H,6,15H2,1-5H3,(H,25,28)(H,26,29). The maximum absolute atomic E-state index is 12.6. The van der Waals surface area contributed by atoms with E-state index in [-0.39, 0.29) is 11.3 Å². The topological polar surface area (TPSA) is 78.5 Å². The second-order valence-corrected chi connectivity index (χ2v) is 8.64. The largest absolute Gasteiger partial charge is 0.351 e. The van der Waals surface area contributed by atoms with E-state index in [9.17, 15) is 4.79 Å². The van der Waals surface area contributed by atoms with Gasteiger partial charge in [0.15, 0.2) is 0 Å². The van der Waals surface area contributed by atoms with Crippen LogP contribution >= 0.6 is 0 Å². The van der Waals surface area contributed by atoms with Gasteiger partial charge in [-0.15, -0.1) is 0 Å². The first-order valence-corrected chi connectivity index (χ1v) is 10.2. The van der Waals surface area contributed by atoms with Crippen molar-refractivity contribution < 1.29 is 9.63 Å². The van der Waals surface area contributed by atoms with Gasteiger partial charge in [-0.3, -0.25) is 15.1 Å². The summed E-state index contributed by atoms with van der Waals surface area (Å²) in [6, 6.07) is 15.3. The molecular weight excluding hydrogens is 376 g/mol. The minimum absolute atomic E-state index is 0.0789. The fourth-order valence-electron chi connectivity index (χ4n) is 2.86. The molecule has 0 atom stereocenters. The van der Waals surface area contributed by atoms with Gasteiger partial charge in [-0.05, 0) is 54.8 Å². The van der Waals surface area contributed by atoms with Crippen LogP contribution in [-0.2, 0) is 4.84 Å². The molecule has 0 spiro atoms. The van der Waals surface area contributed by atoms with E-state index in [0.717, 1.165) is 34.4 Å². The highest BCUT2D eigenvalue weighted by Gasteiger charge is 2.11. The van der Waals surface area contributed by atoms with E-state index in [2.05, 4.69) is 47.6 Å². The summed E-state index contributed by atoms with van der Waals surface area (Å²) in [7, 11) is 0. The number of hydroxylamine groups is 1. The zero-order chi connectivity index (χ0) is 21.7. The number of aromatic amines is 1. The van der Waals surface area contributed by atoms with Crippen LogP contribution in [0.1, 0.15) is 50.2 Å². The number of aliphatic imine (C=N–C) groups is 1. The molecule has 3 rings (SSSR count). The molecule has 6 nitrogen and oxygen atoms in total. The zero-order valence-corrected chi connectivity index (χ0v) is 18.3. The van der Waals surface area contributed by atoms with Gasteiger partial charge in [0.25, 0.3) is 5.91 Å². The van der Waals surface area contributed by atoms with Crippen LogP contribution in [0.4, 0.5) is 11.4 Å². The number of carbonyl (C=O) groups excluding carboxylic acids is 1. The number of hydrogen-bond donors (Lipinski definition) is 3. The van der Waals surface area contributed by atoms with Gasteiger partial charge < -0.3 is 10.3 Å². The highest BCUT2D eigenvalue weighted by molar-refractivity contribution is 6.06. The molecule has 0 bridgehead atoms. The van der Waals surface area contributed by atoms with Gasteiger partial charge in [0.1, 0.15) is 11.5 Å². The molecule has 2 aromatic carbocycles. The SMILES string of the molecule is CCC(=Nc1ccc(NC(=O)c2cc3cc(C)ccc3[nH]2)cc1)NOCC(C)(C)C. The lowest BCUT2D eigenvalue weighted by molar-refractivity contribution is 0.0306. The molecule has 0 saturated carbocycles. The Morgan fingerprint density at radius 2 is 1.83 bits per heavy atom. The van der Waals surface area contributed by atoms with E-state index in [1.165, 1.54) is 0 Å². The van der Waals surface area contributed by atoms with E-state index >= 15 is 0 Å². The number of nitrogens with one attached hydrogen (secondary N) is 3. The van der Waals surface area contributed by atoms with Crippen LogP contribution < -0.4 is 10.8 Å². The number of benzene rings is 2. The van der Waals surface area contributed by atoms with Crippen molar-refractivity contribution in [3.05, 3.63) is 59.8 Å². The maximum atomic E-state index is 12.6. The van der Waals surface area contributed by atoms with Crippen molar-refractivity contribution in [3.63, 3.8) is 0 Å². The van der Waals surface area contributed by atoms with Gasteiger partial charge in [0.05, 0.1) is 12.3 Å². The van der Waals surface area contributed by atoms with Crippen molar-refractivity contribution in [1.29, 1.82) is 0 Å². The molecule has 0 aliphatic carbocycles. The maximum Gasteiger partial charge on any atom is 0.272 e. The second kappa shape index (κ2) is 9.13. The molecule has 30 heavy (non-hydrogen) atoms. The number of rotatable bonds is 6. The smallest absolute Gasteiger partial charge is 0.272 e. The lowest BCUT2D eigenvalue weighted by Crippen LogP contribution is -2.28. The number of nitrogens with zero attached hydrogens (tertiary/aromatic N) is 1. The summed E-state index contributed by atoms with van der Waals surface area (Å²) in [6.07, 6.45) is 0.725. The van der Waals surface area contributed by atoms with E-state index < -0.39 is 0 Å². The highest BCUT2D eigenvalue weighted by Crippen LogP contribution is 2.20. The summed E-state index contributed by atoms with van der Waals surface area (Å²) in [4.78, 5) is 25.9. The van der Waals surface area contributed by atoms with Crippen LogP contribution in [0.2, 0.25) is 0 Å². The summed E-state index contributed by atoms with van der Waals surface area (Å²) in [5.41, 5.74) is 7.16. The quantitative estimate of drug-likeness (QED) is 0.278. The van der Waals surface area contributed by atoms with Gasteiger partial charge in [-0.2, -0.15) is 0 Å². The molecule has 3 N–H and O–H groups in total. The number of hydrogen-bond acceptors (Lipinski definition) is 3. The van der Waals surface area contributed by atoms with Crippen molar-refractivity contribution in [3.8, 4) is 0 Å². The number of amides is 1. The van der Waals surface area contributed by atoms with E-state index in [0.29, 0.717) is 18.0 Å². The van der Waals surface area contributed by atoms with Crippen molar-refractivity contribution in [2.24, 2.45) is 10.4 Å². The molecule has 6 heteroatoms. The second-order valence-electron chi connectivity index (χ2n) is 8.64. The van der Waals surface area contributed by atoms with Gasteiger partial charge in [-0.1, -0.05) is 39.3 Å². The van der Waals surface area contributed by atoms with E-state index in [1.54, 1.807) is 0 Å². The van der Waals surface area contributed by atoms with Crippen molar-refractivity contribution in [1.82, 2.24) is 10.5 Å². The van der Waals surface area contributed by atoms with E-state index in [4.69, 9.17) is 4.84 Å². The lowest BCUT2D eigenvalue weighted by atomic mass is 9.99. The van der Waals surface area contributed by atoms with Gasteiger partial charge in [-0.25, -0.2) is 4.99 Å².